The first-order valence-electron chi connectivity index (χ1n) is 7.44. The Morgan fingerprint density at radius 1 is 1.17 bits per heavy atom. The third-order valence-electron chi connectivity index (χ3n) is 3.70. The van der Waals surface area contributed by atoms with Crippen molar-refractivity contribution in [2.45, 2.75) is 13.8 Å². The van der Waals surface area contributed by atoms with Crippen LogP contribution >= 0.6 is 23.8 Å². The summed E-state index contributed by atoms with van der Waals surface area (Å²) in [7, 11) is 1.95. The van der Waals surface area contributed by atoms with E-state index in [4.69, 9.17) is 28.6 Å². The Balaban J connectivity index is 1.83. The molecule has 0 radical (unpaired) electrons. The van der Waals surface area contributed by atoms with E-state index in [1.165, 1.54) is 11.1 Å². The van der Waals surface area contributed by atoms with Crippen molar-refractivity contribution in [3.05, 3.63) is 58.6 Å². The van der Waals surface area contributed by atoms with Gasteiger partial charge in [-0.25, -0.2) is 0 Å². The van der Waals surface area contributed by atoms with Crippen LogP contribution in [0.25, 0.3) is 0 Å². The molecular weight excluding hydrogens is 328 g/mol. The van der Waals surface area contributed by atoms with Gasteiger partial charge in [0.15, 0.2) is 5.11 Å². The second-order valence-corrected chi connectivity index (χ2v) is 6.22. The lowest BCUT2D eigenvalue weighted by Crippen LogP contribution is -2.34. The summed E-state index contributed by atoms with van der Waals surface area (Å²) in [5.74, 6) is 0.802. The number of halogens is 1. The molecule has 5 heteroatoms. The Kier molecular flexibility index (Phi) is 6.25. The van der Waals surface area contributed by atoms with Crippen LogP contribution in [0.4, 0.5) is 5.69 Å². The van der Waals surface area contributed by atoms with Gasteiger partial charge in [0.1, 0.15) is 12.4 Å². The largest absolute Gasteiger partial charge is 0.492 e. The molecule has 0 spiro atoms. The zero-order chi connectivity index (χ0) is 16.8. The van der Waals surface area contributed by atoms with E-state index in [2.05, 4.69) is 25.2 Å². The summed E-state index contributed by atoms with van der Waals surface area (Å²) in [6, 6.07) is 13.5. The monoisotopic (exact) mass is 348 g/mol. The van der Waals surface area contributed by atoms with Crippen LogP contribution in [0.15, 0.2) is 42.5 Å². The second kappa shape index (κ2) is 8.18. The number of nitrogens with zero attached hydrogens (tertiary/aromatic N) is 1. The quantitative estimate of drug-likeness (QED) is 0.794. The van der Waals surface area contributed by atoms with E-state index >= 15 is 0 Å². The first kappa shape index (κ1) is 17.6. The number of ether oxygens (including phenoxy) is 1. The number of hydrogen-bond donors (Lipinski definition) is 1. The highest BCUT2D eigenvalue weighted by Gasteiger charge is 2.07. The number of hydrogen-bond acceptors (Lipinski definition) is 2. The van der Waals surface area contributed by atoms with E-state index in [1.54, 1.807) is 0 Å². The van der Waals surface area contributed by atoms with Gasteiger partial charge in [0.2, 0.25) is 0 Å². The highest BCUT2D eigenvalue weighted by Crippen LogP contribution is 2.18. The maximum absolute atomic E-state index is 5.85. The van der Waals surface area contributed by atoms with Gasteiger partial charge >= 0.3 is 0 Å². The van der Waals surface area contributed by atoms with Gasteiger partial charge in [-0.1, -0.05) is 23.7 Å². The number of benzene rings is 2. The number of likely N-dealkylation sites (N-methyl/N-ethyl adjacent to an activating group) is 1. The van der Waals surface area contributed by atoms with Crippen molar-refractivity contribution in [1.82, 2.24) is 4.90 Å². The van der Waals surface area contributed by atoms with E-state index in [0.29, 0.717) is 23.3 Å². The van der Waals surface area contributed by atoms with Crippen LogP contribution in [0.5, 0.6) is 5.75 Å². The predicted octanol–water partition coefficient (Wildman–Crippen LogP) is 4.66. The van der Waals surface area contributed by atoms with Gasteiger partial charge in [-0.3, -0.25) is 0 Å². The molecule has 0 unspecified atom stereocenters. The molecule has 0 saturated carbocycles. The average molecular weight is 349 g/mol. The highest BCUT2D eigenvalue weighted by molar-refractivity contribution is 7.80. The number of anilines is 1. The molecule has 122 valence electrons. The van der Waals surface area contributed by atoms with Gasteiger partial charge in [0, 0.05) is 17.8 Å². The van der Waals surface area contributed by atoms with Gasteiger partial charge in [-0.2, -0.15) is 0 Å². The van der Waals surface area contributed by atoms with Crippen LogP contribution in [-0.2, 0) is 0 Å². The summed E-state index contributed by atoms with van der Waals surface area (Å²) in [6.07, 6.45) is 0. The van der Waals surface area contributed by atoms with Crippen molar-refractivity contribution in [2.24, 2.45) is 0 Å². The number of aryl methyl sites for hydroxylation is 1. The minimum atomic E-state index is 0.548. The van der Waals surface area contributed by atoms with Crippen molar-refractivity contribution < 1.29 is 4.74 Å². The van der Waals surface area contributed by atoms with Crippen molar-refractivity contribution in [3.63, 3.8) is 0 Å². The van der Waals surface area contributed by atoms with Gasteiger partial charge in [-0.05, 0) is 67.5 Å². The van der Waals surface area contributed by atoms with Gasteiger partial charge in [0.05, 0.1) is 6.54 Å². The van der Waals surface area contributed by atoms with Gasteiger partial charge in [0.25, 0.3) is 0 Å². The third kappa shape index (κ3) is 5.12. The van der Waals surface area contributed by atoms with E-state index in [-0.39, 0.29) is 0 Å². The SMILES string of the molecule is Cc1cccc(NC(=S)N(C)CCOc2ccc(Cl)cc2)c1C. The fraction of sp³-hybridized carbons (Fsp3) is 0.278. The van der Waals surface area contributed by atoms with E-state index < -0.39 is 0 Å². The van der Waals surface area contributed by atoms with Crippen LogP contribution < -0.4 is 10.1 Å². The summed E-state index contributed by atoms with van der Waals surface area (Å²) in [4.78, 5) is 1.97. The lowest BCUT2D eigenvalue weighted by Gasteiger charge is -2.22. The van der Waals surface area contributed by atoms with Crippen LogP contribution in [0.2, 0.25) is 5.02 Å². The van der Waals surface area contributed by atoms with Crippen LogP contribution in [0, 0.1) is 13.8 Å². The molecule has 0 aliphatic rings. The molecule has 0 aliphatic carbocycles. The normalized spacial score (nSPS) is 10.3. The smallest absolute Gasteiger partial charge is 0.173 e. The predicted molar refractivity (Wildman–Crippen MR) is 102 cm³/mol. The molecule has 23 heavy (non-hydrogen) atoms. The zero-order valence-corrected chi connectivity index (χ0v) is 15.2. The molecule has 0 bridgehead atoms. The minimum Gasteiger partial charge on any atom is -0.492 e. The third-order valence-corrected chi connectivity index (χ3v) is 4.37. The molecule has 0 fully saturated rings. The lowest BCUT2D eigenvalue weighted by atomic mass is 10.1. The Bertz CT molecular complexity index is 673. The van der Waals surface area contributed by atoms with Crippen molar-refractivity contribution in [1.29, 1.82) is 0 Å². The number of rotatable bonds is 5. The number of nitrogens with one attached hydrogen (secondary N) is 1. The molecule has 3 nitrogen and oxygen atoms in total. The fourth-order valence-corrected chi connectivity index (χ4v) is 2.36. The van der Waals surface area contributed by atoms with Gasteiger partial charge < -0.3 is 15.0 Å². The first-order valence-corrected chi connectivity index (χ1v) is 8.22. The Hall–Kier alpha value is -1.78. The Labute approximate surface area is 148 Å². The van der Waals surface area contributed by atoms with E-state index in [0.717, 1.165) is 11.4 Å². The second-order valence-electron chi connectivity index (χ2n) is 5.40. The first-order chi connectivity index (χ1) is 11.0. The lowest BCUT2D eigenvalue weighted by molar-refractivity contribution is 0.285. The van der Waals surface area contributed by atoms with Crippen LogP contribution in [-0.4, -0.2) is 30.2 Å². The zero-order valence-electron chi connectivity index (χ0n) is 13.6. The molecule has 2 rings (SSSR count). The molecule has 1 N–H and O–H groups in total. The van der Waals surface area contributed by atoms with Crippen LogP contribution in [0.3, 0.4) is 0 Å². The van der Waals surface area contributed by atoms with Crippen molar-refractivity contribution in [3.8, 4) is 5.75 Å². The summed E-state index contributed by atoms with van der Waals surface area (Å²) in [6.45, 7) is 5.42. The summed E-state index contributed by atoms with van der Waals surface area (Å²) in [5, 5.41) is 4.67. The molecular formula is C18H21ClN2OS. The minimum absolute atomic E-state index is 0.548. The molecule has 0 heterocycles. The van der Waals surface area contributed by atoms with Crippen molar-refractivity contribution >= 4 is 34.6 Å². The van der Waals surface area contributed by atoms with E-state index in [1.807, 2.05) is 48.3 Å². The van der Waals surface area contributed by atoms with Crippen LogP contribution in [0.1, 0.15) is 11.1 Å². The molecule has 0 amide bonds. The molecule has 2 aromatic carbocycles. The molecule has 0 saturated heterocycles. The Morgan fingerprint density at radius 3 is 2.57 bits per heavy atom. The Morgan fingerprint density at radius 2 is 1.87 bits per heavy atom. The highest BCUT2D eigenvalue weighted by atomic mass is 35.5. The maximum atomic E-state index is 5.85. The summed E-state index contributed by atoms with van der Waals surface area (Å²) in [5.41, 5.74) is 3.49. The van der Waals surface area contributed by atoms with Gasteiger partial charge in [-0.15, -0.1) is 0 Å². The maximum Gasteiger partial charge on any atom is 0.173 e. The molecule has 0 aliphatic heterocycles. The average Bonchev–Trinajstić information content (AvgIpc) is 2.53. The summed E-state index contributed by atoms with van der Waals surface area (Å²) >= 11 is 11.3. The number of thiocarbonyl (C=S) groups is 1. The standard InChI is InChI=1S/C18H21ClN2OS/c1-13-5-4-6-17(14(13)2)20-18(23)21(3)11-12-22-16-9-7-15(19)8-10-16/h4-10H,11-12H2,1-3H3,(H,20,23). The van der Waals surface area contributed by atoms with E-state index in [9.17, 15) is 0 Å². The molecule has 2 aromatic rings. The molecule has 0 aromatic heterocycles. The summed E-state index contributed by atoms with van der Waals surface area (Å²) < 4.78 is 5.69. The molecule has 0 atom stereocenters. The van der Waals surface area contributed by atoms with Crippen molar-refractivity contribution in [2.75, 3.05) is 25.5 Å². The fourth-order valence-electron chi connectivity index (χ4n) is 2.03. The topological polar surface area (TPSA) is 24.5 Å².